The third-order valence-corrected chi connectivity index (χ3v) is 3.04. The lowest BCUT2D eigenvalue weighted by molar-refractivity contribution is 0.0823. The van der Waals surface area contributed by atoms with Crippen LogP contribution in [-0.4, -0.2) is 37.5 Å². The molecule has 0 spiro atoms. The van der Waals surface area contributed by atoms with Gasteiger partial charge in [-0.25, -0.2) is 0 Å². The van der Waals surface area contributed by atoms with Gasteiger partial charge in [0.15, 0.2) is 6.29 Å². The molecule has 0 aromatic heterocycles. The molecule has 0 unspecified atom stereocenters. The maximum absolute atomic E-state index is 12.1. The van der Waals surface area contributed by atoms with Gasteiger partial charge < -0.3 is 9.64 Å². The molecule has 0 heterocycles. The van der Waals surface area contributed by atoms with E-state index in [1.807, 2.05) is 0 Å². The van der Waals surface area contributed by atoms with Crippen molar-refractivity contribution in [1.82, 2.24) is 4.90 Å². The van der Waals surface area contributed by atoms with E-state index in [0.29, 0.717) is 28.9 Å². The fourth-order valence-electron chi connectivity index (χ4n) is 1.88. The second-order valence-electron chi connectivity index (χ2n) is 4.86. The minimum absolute atomic E-state index is 0.274. The third-order valence-electron chi connectivity index (χ3n) is 3.04. The number of hydrogen-bond acceptors (Lipinski definition) is 4. The van der Waals surface area contributed by atoms with Crippen molar-refractivity contribution in [2.45, 2.75) is 0 Å². The van der Waals surface area contributed by atoms with Gasteiger partial charge in [0, 0.05) is 25.2 Å². The van der Waals surface area contributed by atoms with Crippen LogP contribution in [0.4, 0.5) is 0 Å². The highest BCUT2D eigenvalue weighted by molar-refractivity contribution is 6.01. The van der Waals surface area contributed by atoms with Crippen molar-refractivity contribution in [3.8, 4) is 11.5 Å². The highest BCUT2D eigenvalue weighted by Crippen LogP contribution is 2.24. The van der Waals surface area contributed by atoms with Crippen LogP contribution in [0.25, 0.3) is 0 Å². The molecular weight excluding hydrogens is 282 g/mol. The summed E-state index contributed by atoms with van der Waals surface area (Å²) < 4.78 is 5.65. The molecule has 0 aliphatic heterocycles. The molecule has 0 saturated heterocycles. The molecule has 22 heavy (non-hydrogen) atoms. The molecular formula is C17H15NO4. The number of aldehydes is 2. The van der Waals surface area contributed by atoms with Crippen LogP contribution in [0.3, 0.4) is 0 Å². The molecule has 5 heteroatoms. The first kappa shape index (κ1) is 15.4. The van der Waals surface area contributed by atoms with Crippen LogP contribution >= 0.6 is 0 Å². The summed E-state index contributed by atoms with van der Waals surface area (Å²) in [6.07, 6.45) is 1.38. The van der Waals surface area contributed by atoms with Gasteiger partial charge in [-0.1, -0.05) is 0 Å². The number of hydrogen-bond donors (Lipinski definition) is 0. The SMILES string of the molecule is CN(C)C(=O)c1cc(Oc2ccc(C=O)cc2)ccc1C=O. The maximum Gasteiger partial charge on any atom is 0.254 e. The highest BCUT2D eigenvalue weighted by atomic mass is 16.5. The van der Waals surface area contributed by atoms with Gasteiger partial charge >= 0.3 is 0 Å². The fourth-order valence-corrected chi connectivity index (χ4v) is 1.88. The van der Waals surface area contributed by atoms with E-state index in [-0.39, 0.29) is 11.5 Å². The Kier molecular flexibility index (Phi) is 4.68. The lowest BCUT2D eigenvalue weighted by atomic mass is 10.1. The molecule has 0 saturated carbocycles. The highest BCUT2D eigenvalue weighted by Gasteiger charge is 2.14. The Hall–Kier alpha value is -2.95. The molecule has 2 aromatic rings. The summed E-state index contributed by atoms with van der Waals surface area (Å²) in [6.45, 7) is 0. The molecule has 0 fully saturated rings. The zero-order chi connectivity index (χ0) is 16.1. The number of amides is 1. The number of rotatable bonds is 5. The first-order valence-electron chi connectivity index (χ1n) is 6.59. The second kappa shape index (κ2) is 6.67. The molecule has 5 nitrogen and oxygen atoms in total. The first-order chi connectivity index (χ1) is 10.5. The Labute approximate surface area is 128 Å². The van der Waals surface area contributed by atoms with Crippen molar-refractivity contribution >= 4 is 18.5 Å². The van der Waals surface area contributed by atoms with E-state index in [1.54, 1.807) is 50.5 Å². The van der Waals surface area contributed by atoms with Gasteiger partial charge in [0.05, 0.1) is 5.56 Å². The number of carbonyl (C=O) groups is 3. The van der Waals surface area contributed by atoms with Crippen molar-refractivity contribution in [3.05, 3.63) is 59.2 Å². The zero-order valence-electron chi connectivity index (χ0n) is 12.3. The van der Waals surface area contributed by atoms with Crippen LogP contribution in [0.15, 0.2) is 42.5 Å². The summed E-state index contributed by atoms with van der Waals surface area (Å²) >= 11 is 0. The summed E-state index contributed by atoms with van der Waals surface area (Å²) in [6, 6.07) is 11.3. The minimum Gasteiger partial charge on any atom is -0.457 e. The van der Waals surface area contributed by atoms with E-state index < -0.39 is 0 Å². The van der Waals surface area contributed by atoms with Crippen molar-refractivity contribution < 1.29 is 19.1 Å². The normalized spacial score (nSPS) is 9.91. The van der Waals surface area contributed by atoms with E-state index in [4.69, 9.17) is 4.74 Å². The van der Waals surface area contributed by atoms with Crippen LogP contribution in [0, 0.1) is 0 Å². The van der Waals surface area contributed by atoms with Crippen LogP contribution in [0.2, 0.25) is 0 Å². The van der Waals surface area contributed by atoms with Crippen molar-refractivity contribution in [3.63, 3.8) is 0 Å². The Bertz CT molecular complexity index is 705. The number of carbonyl (C=O) groups excluding carboxylic acids is 3. The third kappa shape index (κ3) is 3.38. The van der Waals surface area contributed by atoms with Crippen molar-refractivity contribution in [1.29, 1.82) is 0 Å². The van der Waals surface area contributed by atoms with Crippen LogP contribution < -0.4 is 4.74 Å². The van der Waals surface area contributed by atoms with Gasteiger partial charge in [-0.15, -0.1) is 0 Å². The maximum atomic E-state index is 12.1. The van der Waals surface area contributed by atoms with Gasteiger partial charge in [-0.3, -0.25) is 14.4 Å². The Balaban J connectivity index is 2.31. The molecule has 0 aliphatic rings. The first-order valence-corrected chi connectivity index (χ1v) is 6.59. The van der Waals surface area contributed by atoms with E-state index in [9.17, 15) is 14.4 Å². The number of ether oxygens (including phenoxy) is 1. The zero-order valence-corrected chi connectivity index (χ0v) is 12.3. The van der Waals surface area contributed by atoms with Gasteiger partial charge in [0.25, 0.3) is 5.91 Å². The molecule has 1 amide bonds. The predicted molar refractivity (Wildman–Crippen MR) is 81.8 cm³/mol. The standard InChI is InChI=1S/C17H15NO4/c1-18(2)17(21)16-9-15(8-5-13(16)11-20)22-14-6-3-12(10-19)4-7-14/h3-11H,1-2H3. The quantitative estimate of drug-likeness (QED) is 0.796. The lowest BCUT2D eigenvalue weighted by Crippen LogP contribution is -2.23. The average Bonchev–Trinajstić information content (AvgIpc) is 2.54. The van der Waals surface area contributed by atoms with Gasteiger partial charge in [-0.2, -0.15) is 0 Å². The molecule has 0 bridgehead atoms. The summed E-state index contributed by atoms with van der Waals surface area (Å²) in [4.78, 5) is 35.1. The monoisotopic (exact) mass is 297 g/mol. The second-order valence-corrected chi connectivity index (χ2v) is 4.86. The molecule has 0 atom stereocenters. The van der Waals surface area contributed by atoms with Crippen molar-refractivity contribution in [2.75, 3.05) is 14.1 Å². The number of benzene rings is 2. The summed E-state index contributed by atoms with van der Waals surface area (Å²) in [5.74, 6) is 0.700. The largest absolute Gasteiger partial charge is 0.457 e. The molecule has 0 aliphatic carbocycles. The number of nitrogens with zero attached hydrogens (tertiary/aromatic N) is 1. The molecule has 0 N–H and O–H groups in total. The van der Waals surface area contributed by atoms with Gasteiger partial charge in [0.1, 0.15) is 17.8 Å². The van der Waals surface area contributed by atoms with Crippen LogP contribution in [-0.2, 0) is 0 Å². The van der Waals surface area contributed by atoms with Gasteiger partial charge in [-0.05, 0) is 42.5 Å². The summed E-state index contributed by atoms with van der Waals surface area (Å²) in [7, 11) is 3.23. The van der Waals surface area contributed by atoms with E-state index in [0.717, 1.165) is 6.29 Å². The van der Waals surface area contributed by atoms with Gasteiger partial charge in [0.2, 0.25) is 0 Å². The smallest absolute Gasteiger partial charge is 0.254 e. The lowest BCUT2D eigenvalue weighted by Gasteiger charge is -2.13. The Morgan fingerprint density at radius 2 is 1.59 bits per heavy atom. The summed E-state index contributed by atoms with van der Waals surface area (Å²) in [5.41, 5.74) is 1.14. The van der Waals surface area contributed by atoms with Crippen LogP contribution in [0.1, 0.15) is 31.1 Å². The molecule has 2 aromatic carbocycles. The topological polar surface area (TPSA) is 63.7 Å². The minimum atomic E-state index is -0.274. The molecule has 0 radical (unpaired) electrons. The average molecular weight is 297 g/mol. The molecule has 112 valence electrons. The van der Waals surface area contributed by atoms with Crippen LogP contribution in [0.5, 0.6) is 11.5 Å². The molecule has 2 rings (SSSR count). The van der Waals surface area contributed by atoms with E-state index in [2.05, 4.69) is 0 Å². The van der Waals surface area contributed by atoms with Crippen molar-refractivity contribution in [2.24, 2.45) is 0 Å². The summed E-state index contributed by atoms with van der Waals surface area (Å²) in [5, 5.41) is 0. The Morgan fingerprint density at radius 1 is 0.955 bits per heavy atom. The predicted octanol–water partition coefficient (Wildman–Crippen LogP) is 2.81. The van der Waals surface area contributed by atoms with E-state index in [1.165, 1.54) is 11.0 Å². The Morgan fingerprint density at radius 3 is 2.14 bits per heavy atom. The fraction of sp³-hybridized carbons (Fsp3) is 0.118. The van der Waals surface area contributed by atoms with E-state index >= 15 is 0 Å².